The number of nitrogens with one attached hydrogen (secondary N) is 2. The summed E-state index contributed by atoms with van der Waals surface area (Å²) in [5.74, 6) is -1.11. The van der Waals surface area contributed by atoms with Gasteiger partial charge in [0.15, 0.2) is 0 Å². The third kappa shape index (κ3) is 4.57. The number of thioether (sulfide) groups is 1. The maximum Gasteiger partial charge on any atom is 0.341 e. The van der Waals surface area contributed by atoms with Crippen LogP contribution in [0.25, 0.3) is 10.2 Å². The van der Waals surface area contributed by atoms with Crippen LogP contribution >= 0.6 is 34.4 Å². The van der Waals surface area contributed by atoms with Crippen molar-refractivity contribution in [2.24, 2.45) is 0 Å². The normalized spacial score (nSPS) is 10.7. The number of nitrogens with zero attached hydrogens (tertiary/aromatic N) is 2. The van der Waals surface area contributed by atoms with Gasteiger partial charge in [0.1, 0.15) is 16.4 Å². The Balaban J connectivity index is 1.79. The van der Waals surface area contributed by atoms with Crippen molar-refractivity contribution in [2.75, 3.05) is 24.7 Å². The van der Waals surface area contributed by atoms with Crippen LogP contribution in [-0.4, -0.2) is 47.2 Å². The van der Waals surface area contributed by atoms with Gasteiger partial charge in [0, 0.05) is 7.05 Å². The Kier molecular flexibility index (Phi) is 6.83. The molecule has 0 radical (unpaired) electrons. The lowest BCUT2D eigenvalue weighted by Gasteiger charge is -2.07. The Labute approximate surface area is 179 Å². The van der Waals surface area contributed by atoms with Crippen molar-refractivity contribution < 1.29 is 19.1 Å². The van der Waals surface area contributed by atoms with E-state index in [1.54, 1.807) is 13.8 Å². The van der Waals surface area contributed by atoms with Crippen molar-refractivity contribution >= 4 is 67.4 Å². The SMILES string of the molecule is CCOC(=O)c1c(NC(=O)CSc2ncnc3ccsc23)sc(C(=O)NC)c1C. The molecule has 0 atom stereocenters. The van der Waals surface area contributed by atoms with Crippen LogP contribution in [0.4, 0.5) is 5.00 Å². The second kappa shape index (κ2) is 9.33. The number of hydrogen-bond donors (Lipinski definition) is 2. The molecule has 3 aromatic rings. The molecule has 11 heteroatoms. The highest BCUT2D eigenvalue weighted by molar-refractivity contribution is 8.00. The lowest BCUT2D eigenvalue weighted by atomic mass is 10.1. The van der Waals surface area contributed by atoms with Gasteiger partial charge in [0.2, 0.25) is 5.91 Å². The summed E-state index contributed by atoms with van der Waals surface area (Å²) in [6.07, 6.45) is 1.46. The summed E-state index contributed by atoms with van der Waals surface area (Å²) in [6, 6.07) is 1.90. The molecule has 0 aliphatic carbocycles. The van der Waals surface area contributed by atoms with Gasteiger partial charge in [-0.25, -0.2) is 14.8 Å². The molecule has 0 saturated heterocycles. The van der Waals surface area contributed by atoms with Gasteiger partial charge >= 0.3 is 5.97 Å². The fourth-order valence-corrected chi connectivity index (χ4v) is 5.45. The summed E-state index contributed by atoms with van der Waals surface area (Å²) >= 11 is 3.85. The molecule has 0 aliphatic rings. The maximum absolute atomic E-state index is 12.5. The van der Waals surface area contributed by atoms with Gasteiger partial charge in [-0.2, -0.15) is 0 Å². The second-order valence-electron chi connectivity index (χ2n) is 5.71. The largest absolute Gasteiger partial charge is 0.462 e. The summed E-state index contributed by atoms with van der Waals surface area (Å²) in [4.78, 5) is 45.8. The molecule has 3 heterocycles. The van der Waals surface area contributed by atoms with Gasteiger partial charge in [-0.05, 0) is 30.9 Å². The molecule has 29 heavy (non-hydrogen) atoms. The number of aromatic nitrogens is 2. The van der Waals surface area contributed by atoms with E-state index in [0.717, 1.165) is 26.6 Å². The zero-order valence-corrected chi connectivity index (χ0v) is 18.3. The van der Waals surface area contributed by atoms with Gasteiger partial charge in [0.25, 0.3) is 5.91 Å². The average molecular weight is 451 g/mol. The first-order valence-electron chi connectivity index (χ1n) is 8.59. The van der Waals surface area contributed by atoms with Crippen molar-refractivity contribution in [1.82, 2.24) is 15.3 Å². The molecular formula is C18H18N4O4S3. The van der Waals surface area contributed by atoms with Crippen LogP contribution in [0.15, 0.2) is 22.8 Å². The van der Waals surface area contributed by atoms with Gasteiger partial charge in [-0.1, -0.05) is 11.8 Å². The van der Waals surface area contributed by atoms with Crippen molar-refractivity contribution in [2.45, 2.75) is 18.9 Å². The Morgan fingerprint density at radius 2 is 2.07 bits per heavy atom. The summed E-state index contributed by atoms with van der Waals surface area (Å²) in [5.41, 5.74) is 1.52. The lowest BCUT2D eigenvalue weighted by Crippen LogP contribution is -2.18. The molecule has 3 aromatic heterocycles. The highest BCUT2D eigenvalue weighted by atomic mass is 32.2. The fraction of sp³-hybridized carbons (Fsp3) is 0.278. The number of esters is 1. The Bertz CT molecular complexity index is 1080. The number of carbonyl (C=O) groups is 3. The molecule has 0 aliphatic heterocycles. The van der Waals surface area contributed by atoms with E-state index in [9.17, 15) is 14.4 Å². The third-order valence-electron chi connectivity index (χ3n) is 3.86. The van der Waals surface area contributed by atoms with E-state index in [2.05, 4.69) is 20.6 Å². The highest BCUT2D eigenvalue weighted by Crippen LogP contribution is 2.34. The van der Waals surface area contributed by atoms with Crippen LogP contribution < -0.4 is 10.6 Å². The Morgan fingerprint density at radius 1 is 1.28 bits per heavy atom. The predicted molar refractivity (Wildman–Crippen MR) is 115 cm³/mol. The van der Waals surface area contributed by atoms with Crippen molar-refractivity contribution in [3.63, 3.8) is 0 Å². The molecule has 8 nitrogen and oxygen atoms in total. The quantitative estimate of drug-likeness (QED) is 0.323. The minimum Gasteiger partial charge on any atom is -0.462 e. The predicted octanol–water partition coefficient (Wildman–Crippen LogP) is 3.33. The van der Waals surface area contributed by atoms with Gasteiger partial charge < -0.3 is 15.4 Å². The van der Waals surface area contributed by atoms with E-state index in [1.165, 1.54) is 36.5 Å². The number of thiophene rings is 2. The standard InChI is InChI=1S/C18H18N4O4S3/c1-4-26-18(25)12-9(2)13(15(24)19-3)29-16(12)22-11(23)7-28-17-14-10(5-6-27-14)20-8-21-17/h5-6,8H,4,7H2,1-3H3,(H,19,24)(H,22,23). The van der Waals surface area contributed by atoms with Gasteiger partial charge in [0.05, 0.1) is 33.0 Å². The van der Waals surface area contributed by atoms with E-state index in [4.69, 9.17) is 4.74 Å². The van der Waals surface area contributed by atoms with Crippen LogP contribution in [0.1, 0.15) is 32.5 Å². The minimum atomic E-state index is -0.574. The van der Waals surface area contributed by atoms with E-state index >= 15 is 0 Å². The Hall–Kier alpha value is -2.50. The van der Waals surface area contributed by atoms with Crippen LogP contribution in [-0.2, 0) is 9.53 Å². The zero-order valence-electron chi connectivity index (χ0n) is 15.9. The zero-order chi connectivity index (χ0) is 21.0. The molecule has 0 saturated carbocycles. The molecule has 2 N–H and O–H groups in total. The number of amides is 2. The fourth-order valence-electron chi connectivity index (χ4n) is 2.55. The number of ether oxygens (including phenoxy) is 1. The molecule has 152 valence electrons. The van der Waals surface area contributed by atoms with Crippen molar-refractivity contribution in [3.05, 3.63) is 33.8 Å². The Morgan fingerprint density at radius 3 is 2.79 bits per heavy atom. The number of carbonyl (C=O) groups excluding carboxylic acids is 3. The second-order valence-corrected chi connectivity index (χ2v) is 8.61. The third-order valence-corrected chi connectivity index (χ3v) is 7.10. The van der Waals surface area contributed by atoms with Gasteiger partial charge in [-0.15, -0.1) is 22.7 Å². The van der Waals surface area contributed by atoms with E-state index in [-0.39, 0.29) is 29.7 Å². The molecule has 2 amide bonds. The van der Waals surface area contributed by atoms with Gasteiger partial charge in [-0.3, -0.25) is 9.59 Å². The van der Waals surface area contributed by atoms with Crippen molar-refractivity contribution in [3.8, 4) is 0 Å². The number of hydrogen-bond acceptors (Lipinski definition) is 9. The molecule has 0 spiro atoms. The van der Waals surface area contributed by atoms with Crippen LogP contribution in [0.2, 0.25) is 0 Å². The molecule has 0 fully saturated rings. The van der Waals surface area contributed by atoms with E-state index in [1.807, 2.05) is 11.4 Å². The number of anilines is 1. The first kappa shape index (κ1) is 21.2. The number of fused-ring (bicyclic) bond motifs is 1. The first-order valence-corrected chi connectivity index (χ1v) is 11.3. The lowest BCUT2D eigenvalue weighted by molar-refractivity contribution is -0.113. The molecule has 3 rings (SSSR count). The van der Waals surface area contributed by atoms with Crippen molar-refractivity contribution in [1.29, 1.82) is 0 Å². The topological polar surface area (TPSA) is 110 Å². The summed E-state index contributed by atoms with van der Waals surface area (Å²) in [5, 5.41) is 8.22. The molecule has 0 unspecified atom stereocenters. The first-order chi connectivity index (χ1) is 14.0. The van der Waals surface area contributed by atoms with Crippen LogP contribution in [0, 0.1) is 6.92 Å². The molecular weight excluding hydrogens is 432 g/mol. The highest BCUT2D eigenvalue weighted by Gasteiger charge is 2.26. The molecule has 0 bridgehead atoms. The van der Waals surface area contributed by atoms with Crippen LogP contribution in [0.5, 0.6) is 0 Å². The smallest absolute Gasteiger partial charge is 0.341 e. The number of rotatable bonds is 7. The maximum atomic E-state index is 12.5. The minimum absolute atomic E-state index is 0.0958. The summed E-state index contributed by atoms with van der Waals surface area (Å²) < 4.78 is 6.01. The average Bonchev–Trinajstić information content (AvgIpc) is 3.30. The van der Waals surface area contributed by atoms with Crippen LogP contribution in [0.3, 0.4) is 0 Å². The molecule has 0 aromatic carbocycles. The monoisotopic (exact) mass is 450 g/mol. The van der Waals surface area contributed by atoms with E-state index in [0.29, 0.717) is 15.4 Å². The summed E-state index contributed by atoms with van der Waals surface area (Å²) in [7, 11) is 1.51. The summed E-state index contributed by atoms with van der Waals surface area (Å²) in [6.45, 7) is 3.55. The van der Waals surface area contributed by atoms with E-state index < -0.39 is 5.97 Å².